The van der Waals surface area contributed by atoms with Gasteiger partial charge in [-0.25, -0.2) is 4.79 Å². The van der Waals surface area contributed by atoms with Crippen molar-refractivity contribution in [2.75, 3.05) is 50.0 Å². The highest BCUT2D eigenvalue weighted by atomic mass is 32.1. The monoisotopic (exact) mass is 468 g/mol. The fourth-order valence-electron chi connectivity index (χ4n) is 3.76. The summed E-state index contributed by atoms with van der Waals surface area (Å²) >= 11 is 3.06. The summed E-state index contributed by atoms with van der Waals surface area (Å²) in [5.74, 6) is 0. The summed E-state index contributed by atoms with van der Waals surface area (Å²) in [5.41, 5.74) is 10.1. The van der Waals surface area contributed by atoms with E-state index in [1.165, 1.54) is 11.3 Å². The Morgan fingerprint density at radius 3 is 2.53 bits per heavy atom. The molecule has 1 fully saturated rings. The molecule has 4 rings (SSSR count). The number of anilines is 3. The van der Waals surface area contributed by atoms with Gasteiger partial charge in [0.15, 0.2) is 0 Å². The predicted octanol–water partition coefficient (Wildman–Crippen LogP) is 4.93. The van der Waals surface area contributed by atoms with Crippen molar-refractivity contribution in [3.63, 3.8) is 0 Å². The number of urea groups is 1. The maximum absolute atomic E-state index is 13.9. The second-order valence-corrected chi connectivity index (χ2v) is 9.31. The molecule has 0 saturated carbocycles. The topological polar surface area (TPSA) is 62.0 Å². The van der Waals surface area contributed by atoms with Crippen LogP contribution in [0.15, 0.2) is 51.9 Å². The molecule has 3 aromatic rings. The van der Waals surface area contributed by atoms with Gasteiger partial charge in [-0.05, 0) is 35.9 Å². The average Bonchev–Trinajstić information content (AvgIpc) is 3.48. The number of carbonyl (C=O) groups is 1. The zero-order valence-corrected chi connectivity index (χ0v) is 19.6. The molecule has 6 nitrogen and oxygen atoms in total. The number of thiophene rings is 2. The smallest absolute Gasteiger partial charge is 0.329 e. The van der Waals surface area contributed by atoms with Gasteiger partial charge in [0.2, 0.25) is 0 Å². The van der Waals surface area contributed by atoms with Gasteiger partial charge in [-0.3, -0.25) is 9.80 Å². The van der Waals surface area contributed by atoms with Gasteiger partial charge in [-0.1, -0.05) is 24.3 Å². The Bertz CT molecular complexity index is 982. The van der Waals surface area contributed by atoms with E-state index in [0.717, 1.165) is 56.2 Å². The first-order chi connectivity index (χ1) is 15.6. The zero-order valence-electron chi connectivity index (χ0n) is 18.0. The molecule has 0 unspecified atom stereocenters. The maximum Gasteiger partial charge on any atom is 0.329 e. The Labute approximate surface area is 197 Å². The summed E-state index contributed by atoms with van der Waals surface area (Å²) < 4.78 is 5.45. The third-order valence-corrected chi connectivity index (χ3v) is 6.92. The van der Waals surface area contributed by atoms with Crippen LogP contribution in [0.4, 0.5) is 21.9 Å². The SMILES string of the molecule is [CH]c1ccc(CN(CCCN2CCOCC2)C(=O)N(c2ccsc2)c2cscc2N)cc1. The Morgan fingerprint density at radius 1 is 1.09 bits per heavy atom. The lowest BCUT2D eigenvalue weighted by Gasteiger charge is -2.32. The van der Waals surface area contributed by atoms with Crippen LogP contribution in [0.3, 0.4) is 0 Å². The fourth-order valence-corrected chi connectivity index (χ4v) is 5.08. The van der Waals surface area contributed by atoms with Crippen molar-refractivity contribution < 1.29 is 9.53 Å². The number of amides is 2. The largest absolute Gasteiger partial charge is 0.396 e. The standard InChI is InChI=1S/C24H28N4O2S2/c1-19-3-5-20(6-4-19)15-27(9-2-8-26-10-12-30-13-11-26)24(29)28(21-7-14-31-16-21)23-18-32-17-22(23)25/h1,3-7,14,16-18H,2,8-13,15,25H2. The Kier molecular flexibility index (Phi) is 7.81. The van der Waals surface area contributed by atoms with Crippen LogP contribution in [0, 0.1) is 6.92 Å². The van der Waals surface area contributed by atoms with Crippen molar-refractivity contribution in [1.29, 1.82) is 0 Å². The molecule has 0 atom stereocenters. The van der Waals surface area contributed by atoms with Crippen molar-refractivity contribution in [2.45, 2.75) is 13.0 Å². The summed E-state index contributed by atoms with van der Waals surface area (Å²) in [4.78, 5) is 19.9. The summed E-state index contributed by atoms with van der Waals surface area (Å²) in [5, 5.41) is 7.75. The second-order valence-electron chi connectivity index (χ2n) is 7.78. The molecule has 168 valence electrons. The molecule has 2 amide bonds. The number of benzene rings is 1. The van der Waals surface area contributed by atoms with Gasteiger partial charge >= 0.3 is 6.03 Å². The van der Waals surface area contributed by atoms with Crippen molar-refractivity contribution in [2.24, 2.45) is 0 Å². The number of morpholine rings is 1. The van der Waals surface area contributed by atoms with Crippen LogP contribution in [0.25, 0.3) is 0 Å². The molecule has 1 aliphatic rings. The number of nitrogen functional groups attached to an aromatic ring is 1. The first-order valence-electron chi connectivity index (χ1n) is 10.7. The van der Waals surface area contributed by atoms with E-state index in [4.69, 9.17) is 17.4 Å². The second kappa shape index (κ2) is 11.0. The normalized spacial score (nSPS) is 14.4. The maximum atomic E-state index is 13.9. The number of ether oxygens (including phenoxy) is 1. The Balaban J connectivity index is 1.55. The van der Waals surface area contributed by atoms with Gasteiger partial charge in [-0.2, -0.15) is 11.3 Å². The number of hydrogen-bond acceptors (Lipinski definition) is 6. The fraction of sp³-hybridized carbons (Fsp3) is 0.333. The first kappa shape index (κ1) is 22.8. The molecule has 0 aliphatic carbocycles. The molecule has 2 N–H and O–H groups in total. The molecule has 2 aromatic heterocycles. The minimum atomic E-state index is -0.0766. The van der Waals surface area contributed by atoms with Gasteiger partial charge < -0.3 is 15.4 Å². The highest BCUT2D eigenvalue weighted by Crippen LogP contribution is 2.35. The first-order valence-corrected chi connectivity index (χ1v) is 12.6. The number of rotatable bonds is 8. The molecule has 3 heterocycles. The molecule has 0 spiro atoms. The quantitative estimate of drug-likeness (QED) is 0.509. The highest BCUT2D eigenvalue weighted by molar-refractivity contribution is 7.09. The number of hydrogen-bond donors (Lipinski definition) is 1. The molecule has 1 aromatic carbocycles. The van der Waals surface area contributed by atoms with E-state index in [9.17, 15) is 4.79 Å². The molecular weight excluding hydrogens is 440 g/mol. The predicted molar refractivity (Wildman–Crippen MR) is 133 cm³/mol. The van der Waals surface area contributed by atoms with Crippen LogP contribution < -0.4 is 10.6 Å². The van der Waals surface area contributed by atoms with E-state index < -0.39 is 0 Å². The highest BCUT2D eigenvalue weighted by Gasteiger charge is 2.26. The van der Waals surface area contributed by atoms with E-state index in [1.54, 1.807) is 16.2 Å². The van der Waals surface area contributed by atoms with Crippen LogP contribution in [0.2, 0.25) is 0 Å². The van der Waals surface area contributed by atoms with E-state index >= 15 is 0 Å². The van der Waals surface area contributed by atoms with Crippen LogP contribution in [0.5, 0.6) is 0 Å². The summed E-state index contributed by atoms with van der Waals surface area (Å²) in [7, 11) is 0. The van der Waals surface area contributed by atoms with Gasteiger partial charge in [0, 0.05) is 48.9 Å². The van der Waals surface area contributed by atoms with Crippen LogP contribution in [0.1, 0.15) is 17.5 Å². The van der Waals surface area contributed by atoms with Crippen LogP contribution in [-0.4, -0.2) is 55.2 Å². The Hall–Kier alpha value is -2.39. The van der Waals surface area contributed by atoms with Crippen LogP contribution in [-0.2, 0) is 11.3 Å². The zero-order chi connectivity index (χ0) is 22.3. The number of nitrogens with two attached hydrogens (primary N) is 1. The lowest BCUT2D eigenvalue weighted by Crippen LogP contribution is -2.43. The summed E-state index contributed by atoms with van der Waals surface area (Å²) in [6.07, 6.45) is 0.886. The average molecular weight is 469 g/mol. The third-order valence-electron chi connectivity index (χ3n) is 5.50. The minimum absolute atomic E-state index is 0.0766. The van der Waals surface area contributed by atoms with Crippen LogP contribution >= 0.6 is 22.7 Å². The molecule has 8 heteroatoms. The van der Waals surface area contributed by atoms with E-state index in [0.29, 0.717) is 24.3 Å². The van der Waals surface area contributed by atoms with Crippen molar-refractivity contribution in [1.82, 2.24) is 9.80 Å². The van der Waals surface area contributed by atoms with Crippen molar-refractivity contribution >= 4 is 45.8 Å². The Morgan fingerprint density at radius 2 is 1.88 bits per heavy atom. The van der Waals surface area contributed by atoms with Crippen molar-refractivity contribution in [3.05, 3.63) is 69.9 Å². The van der Waals surface area contributed by atoms with Gasteiger partial charge in [-0.15, -0.1) is 11.3 Å². The lowest BCUT2D eigenvalue weighted by molar-refractivity contribution is 0.0365. The number of carbonyl (C=O) groups excluding carboxylic acids is 1. The molecular formula is C24H28N4O2S2. The molecule has 1 saturated heterocycles. The summed E-state index contributed by atoms with van der Waals surface area (Å²) in [6.45, 7) is 11.4. The third kappa shape index (κ3) is 5.69. The van der Waals surface area contributed by atoms with E-state index in [2.05, 4.69) is 4.90 Å². The lowest BCUT2D eigenvalue weighted by atomic mass is 10.1. The molecule has 1 aliphatic heterocycles. The van der Waals surface area contributed by atoms with Gasteiger partial charge in [0.1, 0.15) is 0 Å². The molecule has 0 bridgehead atoms. The van der Waals surface area contributed by atoms with Gasteiger partial charge in [0.25, 0.3) is 0 Å². The number of nitrogens with zero attached hydrogens (tertiary/aromatic N) is 3. The molecule has 2 radical (unpaired) electrons. The van der Waals surface area contributed by atoms with E-state index in [1.807, 2.05) is 56.8 Å². The minimum Gasteiger partial charge on any atom is -0.396 e. The summed E-state index contributed by atoms with van der Waals surface area (Å²) in [6, 6.07) is 9.58. The van der Waals surface area contributed by atoms with Crippen molar-refractivity contribution in [3.8, 4) is 0 Å². The van der Waals surface area contributed by atoms with E-state index in [-0.39, 0.29) is 6.03 Å². The molecule has 32 heavy (non-hydrogen) atoms. The van der Waals surface area contributed by atoms with Gasteiger partial charge in [0.05, 0.1) is 30.3 Å².